The molecule has 2 rings (SSSR count). The standard InChI is InChI=1S/C12H13ClN2O2/c1-8(14)11-6-9(13)2-3-12(11)16-7-10-4-5-15-17-10/h2-6,8H,7,14H2,1H3/t8-/m1/s1. The van der Waals surface area contributed by atoms with E-state index in [1.165, 1.54) is 0 Å². The SMILES string of the molecule is C[C@@H](N)c1cc(Cl)ccc1OCc1ccno1. The van der Waals surface area contributed by atoms with Crippen LogP contribution in [-0.2, 0) is 6.61 Å². The van der Waals surface area contributed by atoms with Gasteiger partial charge in [0.25, 0.3) is 0 Å². The fraction of sp³-hybridized carbons (Fsp3) is 0.250. The van der Waals surface area contributed by atoms with Crippen molar-refractivity contribution in [3.63, 3.8) is 0 Å². The number of aromatic nitrogens is 1. The molecule has 1 heterocycles. The summed E-state index contributed by atoms with van der Waals surface area (Å²) in [5.74, 6) is 1.37. The second-order valence-corrected chi connectivity index (χ2v) is 4.17. The normalized spacial score (nSPS) is 12.4. The molecule has 2 N–H and O–H groups in total. The lowest BCUT2D eigenvalue weighted by molar-refractivity contribution is 0.246. The lowest BCUT2D eigenvalue weighted by atomic mass is 10.1. The molecule has 1 aromatic carbocycles. The summed E-state index contributed by atoms with van der Waals surface area (Å²) in [5, 5.41) is 4.25. The van der Waals surface area contributed by atoms with Crippen molar-refractivity contribution < 1.29 is 9.26 Å². The summed E-state index contributed by atoms with van der Waals surface area (Å²) >= 11 is 5.92. The molecule has 17 heavy (non-hydrogen) atoms. The first-order valence-corrected chi connectivity index (χ1v) is 5.62. The molecule has 2 aromatic rings. The molecular formula is C12H13ClN2O2. The smallest absolute Gasteiger partial charge is 0.174 e. The van der Waals surface area contributed by atoms with Crippen LogP contribution in [0, 0.1) is 0 Å². The fourth-order valence-corrected chi connectivity index (χ4v) is 1.65. The van der Waals surface area contributed by atoms with Crippen molar-refractivity contribution in [2.24, 2.45) is 5.73 Å². The largest absolute Gasteiger partial charge is 0.485 e. The third kappa shape index (κ3) is 2.99. The van der Waals surface area contributed by atoms with Crippen LogP contribution in [0.1, 0.15) is 24.3 Å². The van der Waals surface area contributed by atoms with Gasteiger partial charge in [-0.2, -0.15) is 0 Å². The Morgan fingerprint density at radius 2 is 2.29 bits per heavy atom. The zero-order valence-corrected chi connectivity index (χ0v) is 10.1. The zero-order valence-electron chi connectivity index (χ0n) is 9.39. The maximum atomic E-state index is 5.92. The predicted octanol–water partition coefficient (Wildman–Crippen LogP) is 2.93. The van der Waals surface area contributed by atoms with Gasteiger partial charge in [-0.15, -0.1) is 0 Å². The second kappa shape index (κ2) is 5.21. The van der Waals surface area contributed by atoms with Gasteiger partial charge < -0.3 is 15.0 Å². The second-order valence-electron chi connectivity index (χ2n) is 3.74. The van der Waals surface area contributed by atoms with E-state index in [1.54, 1.807) is 24.4 Å². The number of hydrogen-bond acceptors (Lipinski definition) is 4. The lowest BCUT2D eigenvalue weighted by Crippen LogP contribution is -2.08. The highest BCUT2D eigenvalue weighted by Crippen LogP contribution is 2.27. The number of rotatable bonds is 4. The van der Waals surface area contributed by atoms with E-state index < -0.39 is 0 Å². The Bertz CT molecular complexity index is 483. The topological polar surface area (TPSA) is 61.3 Å². The molecule has 0 saturated heterocycles. The molecule has 0 aliphatic heterocycles. The third-order valence-corrected chi connectivity index (χ3v) is 2.56. The molecule has 0 aliphatic rings. The first-order chi connectivity index (χ1) is 8.16. The molecule has 0 bridgehead atoms. The Labute approximate surface area is 104 Å². The third-order valence-electron chi connectivity index (χ3n) is 2.32. The van der Waals surface area contributed by atoms with E-state index in [2.05, 4.69) is 5.16 Å². The van der Waals surface area contributed by atoms with Crippen LogP contribution in [-0.4, -0.2) is 5.16 Å². The maximum absolute atomic E-state index is 5.92. The van der Waals surface area contributed by atoms with Crippen molar-refractivity contribution in [2.45, 2.75) is 19.6 Å². The van der Waals surface area contributed by atoms with Crippen LogP contribution in [0.25, 0.3) is 0 Å². The van der Waals surface area contributed by atoms with Crippen LogP contribution in [0.3, 0.4) is 0 Å². The number of halogens is 1. The molecule has 0 radical (unpaired) electrons. The zero-order chi connectivity index (χ0) is 12.3. The van der Waals surface area contributed by atoms with Gasteiger partial charge in [0.2, 0.25) is 0 Å². The highest BCUT2D eigenvalue weighted by molar-refractivity contribution is 6.30. The first-order valence-electron chi connectivity index (χ1n) is 5.24. The number of nitrogens with zero attached hydrogens (tertiary/aromatic N) is 1. The summed E-state index contributed by atoms with van der Waals surface area (Å²) in [6.45, 7) is 2.20. The van der Waals surface area contributed by atoms with Gasteiger partial charge in [0.15, 0.2) is 5.76 Å². The maximum Gasteiger partial charge on any atom is 0.174 e. The minimum atomic E-state index is -0.140. The average molecular weight is 253 g/mol. The van der Waals surface area contributed by atoms with Gasteiger partial charge in [-0.3, -0.25) is 0 Å². The molecule has 1 atom stereocenters. The Morgan fingerprint density at radius 3 is 2.94 bits per heavy atom. The summed E-state index contributed by atoms with van der Waals surface area (Å²) in [7, 11) is 0. The molecule has 90 valence electrons. The minimum absolute atomic E-state index is 0.140. The van der Waals surface area contributed by atoms with E-state index in [0.29, 0.717) is 23.1 Å². The van der Waals surface area contributed by atoms with E-state index in [0.717, 1.165) is 5.56 Å². The molecule has 0 amide bonds. The average Bonchev–Trinajstić information content (AvgIpc) is 2.80. The number of nitrogens with two attached hydrogens (primary N) is 1. The molecule has 5 heteroatoms. The summed E-state index contributed by atoms with van der Waals surface area (Å²) in [4.78, 5) is 0. The van der Waals surface area contributed by atoms with Crippen molar-refractivity contribution in [3.8, 4) is 5.75 Å². The van der Waals surface area contributed by atoms with Crippen molar-refractivity contribution >= 4 is 11.6 Å². The van der Waals surface area contributed by atoms with Gasteiger partial charge in [-0.1, -0.05) is 16.8 Å². The molecule has 0 aliphatic carbocycles. The van der Waals surface area contributed by atoms with E-state index in [9.17, 15) is 0 Å². The Morgan fingerprint density at radius 1 is 1.47 bits per heavy atom. The Kier molecular flexibility index (Phi) is 3.66. The molecule has 0 fully saturated rings. The van der Waals surface area contributed by atoms with Crippen molar-refractivity contribution in [1.82, 2.24) is 5.16 Å². The van der Waals surface area contributed by atoms with Gasteiger partial charge in [0.1, 0.15) is 12.4 Å². The van der Waals surface area contributed by atoms with Crippen molar-refractivity contribution in [3.05, 3.63) is 46.8 Å². The summed E-state index contributed by atoms with van der Waals surface area (Å²) in [6.07, 6.45) is 1.58. The summed E-state index contributed by atoms with van der Waals surface area (Å²) in [5.41, 5.74) is 6.73. The van der Waals surface area contributed by atoms with Crippen LogP contribution < -0.4 is 10.5 Å². The van der Waals surface area contributed by atoms with E-state index in [4.69, 9.17) is 26.6 Å². The van der Waals surface area contributed by atoms with Crippen LogP contribution >= 0.6 is 11.6 Å². The molecular weight excluding hydrogens is 240 g/mol. The predicted molar refractivity (Wildman–Crippen MR) is 64.9 cm³/mol. The highest BCUT2D eigenvalue weighted by atomic mass is 35.5. The van der Waals surface area contributed by atoms with Gasteiger partial charge in [-0.25, -0.2) is 0 Å². The van der Waals surface area contributed by atoms with Gasteiger partial charge in [-0.05, 0) is 25.1 Å². The lowest BCUT2D eigenvalue weighted by Gasteiger charge is -2.13. The van der Waals surface area contributed by atoms with Crippen LogP contribution in [0.15, 0.2) is 35.0 Å². The van der Waals surface area contributed by atoms with Crippen molar-refractivity contribution in [1.29, 1.82) is 0 Å². The molecule has 0 spiro atoms. The summed E-state index contributed by atoms with van der Waals surface area (Å²) in [6, 6.07) is 6.99. The first kappa shape index (κ1) is 12.0. The van der Waals surface area contributed by atoms with Gasteiger partial charge in [0.05, 0.1) is 6.20 Å². The number of ether oxygens (including phenoxy) is 1. The molecule has 0 unspecified atom stereocenters. The fourth-order valence-electron chi connectivity index (χ4n) is 1.47. The van der Waals surface area contributed by atoms with Crippen molar-refractivity contribution in [2.75, 3.05) is 0 Å². The van der Waals surface area contributed by atoms with E-state index in [-0.39, 0.29) is 6.04 Å². The van der Waals surface area contributed by atoms with Crippen LogP contribution in [0.4, 0.5) is 0 Å². The number of benzene rings is 1. The van der Waals surface area contributed by atoms with E-state index in [1.807, 2.05) is 13.0 Å². The van der Waals surface area contributed by atoms with Crippen LogP contribution in [0.5, 0.6) is 5.75 Å². The Hall–Kier alpha value is -1.52. The molecule has 1 aromatic heterocycles. The quantitative estimate of drug-likeness (QED) is 0.909. The van der Waals surface area contributed by atoms with Gasteiger partial charge >= 0.3 is 0 Å². The molecule has 4 nitrogen and oxygen atoms in total. The highest BCUT2D eigenvalue weighted by Gasteiger charge is 2.09. The summed E-state index contributed by atoms with van der Waals surface area (Å²) < 4.78 is 10.6. The Balaban J connectivity index is 2.14. The van der Waals surface area contributed by atoms with E-state index >= 15 is 0 Å². The molecule has 0 saturated carbocycles. The van der Waals surface area contributed by atoms with Crippen LogP contribution in [0.2, 0.25) is 5.02 Å². The number of hydrogen-bond donors (Lipinski definition) is 1. The monoisotopic (exact) mass is 252 g/mol. The minimum Gasteiger partial charge on any atom is -0.485 e. The van der Waals surface area contributed by atoms with Gasteiger partial charge in [0, 0.05) is 22.7 Å².